The third kappa shape index (κ3) is 5.72. The minimum Gasteiger partial charge on any atom is -0.479 e. The Bertz CT molecular complexity index is 904. The van der Waals surface area contributed by atoms with Crippen molar-refractivity contribution in [1.82, 2.24) is 0 Å². The second-order valence-corrected chi connectivity index (χ2v) is 6.17. The van der Waals surface area contributed by atoms with Crippen molar-refractivity contribution in [3.8, 4) is 11.8 Å². The molecular formula is C21H20N2O4. The van der Waals surface area contributed by atoms with Gasteiger partial charge in [0.1, 0.15) is 17.4 Å². The molecule has 0 heterocycles. The average molecular weight is 364 g/mol. The van der Waals surface area contributed by atoms with E-state index >= 15 is 0 Å². The van der Waals surface area contributed by atoms with Gasteiger partial charge in [-0.15, -0.1) is 0 Å². The number of hydrogen-bond acceptors (Lipinski definition) is 4. The Labute approximate surface area is 157 Å². The van der Waals surface area contributed by atoms with Gasteiger partial charge in [-0.05, 0) is 67.8 Å². The topological polar surface area (TPSA) is 99.4 Å². The lowest BCUT2D eigenvalue weighted by Crippen LogP contribution is -2.22. The third-order valence-corrected chi connectivity index (χ3v) is 3.70. The SMILES string of the molecule is Cc1cc(C)cc(NC(=O)/C(C#N)=C\c2ccc(O[C@H](C)C(=O)O)cc2)c1. The Balaban J connectivity index is 2.14. The van der Waals surface area contributed by atoms with E-state index in [1.54, 1.807) is 24.3 Å². The molecule has 138 valence electrons. The van der Waals surface area contributed by atoms with Crippen LogP contribution in [0.5, 0.6) is 5.75 Å². The second kappa shape index (κ2) is 8.68. The summed E-state index contributed by atoms with van der Waals surface area (Å²) in [5.41, 5.74) is 3.24. The van der Waals surface area contributed by atoms with Crippen LogP contribution >= 0.6 is 0 Å². The molecule has 0 radical (unpaired) electrons. The minimum atomic E-state index is -1.06. The van der Waals surface area contributed by atoms with Crippen molar-refractivity contribution >= 4 is 23.6 Å². The molecule has 2 aromatic carbocycles. The van der Waals surface area contributed by atoms with Crippen LogP contribution in [0.3, 0.4) is 0 Å². The number of ether oxygens (including phenoxy) is 1. The molecule has 0 spiro atoms. The van der Waals surface area contributed by atoms with Gasteiger partial charge in [-0.3, -0.25) is 4.79 Å². The lowest BCUT2D eigenvalue weighted by Gasteiger charge is -2.10. The highest BCUT2D eigenvalue weighted by atomic mass is 16.5. The van der Waals surface area contributed by atoms with Gasteiger partial charge in [0.15, 0.2) is 6.10 Å². The second-order valence-electron chi connectivity index (χ2n) is 6.17. The number of hydrogen-bond donors (Lipinski definition) is 2. The summed E-state index contributed by atoms with van der Waals surface area (Å²) in [4.78, 5) is 23.2. The molecule has 0 aliphatic carbocycles. The van der Waals surface area contributed by atoms with Crippen LogP contribution in [0, 0.1) is 25.2 Å². The first-order chi connectivity index (χ1) is 12.8. The Hall–Kier alpha value is -3.59. The summed E-state index contributed by atoms with van der Waals surface area (Å²) in [7, 11) is 0. The van der Waals surface area contributed by atoms with Gasteiger partial charge >= 0.3 is 5.97 Å². The quantitative estimate of drug-likeness (QED) is 0.601. The van der Waals surface area contributed by atoms with Crippen LogP contribution in [0.2, 0.25) is 0 Å². The molecule has 0 fully saturated rings. The molecule has 2 rings (SSSR count). The molecule has 6 nitrogen and oxygen atoms in total. The van der Waals surface area contributed by atoms with E-state index in [0.29, 0.717) is 17.0 Å². The third-order valence-electron chi connectivity index (χ3n) is 3.70. The maximum absolute atomic E-state index is 12.4. The first-order valence-electron chi connectivity index (χ1n) is 8.29. The Morgan fingerprint density at radius 1 is 1.15 bits per heavy atom. The molecule has 1 atom stereocenters. The highest BCUT2D eigenvalue weighted by Crippen LogP contribution is 2.18. The van der Waals surface area contributed by atoms with Crippen LogP contribution in [0.1, 0.15) is 23.6 Å². The summed E-state index contributed by atoms with van der Waals surface area (Å²) < 4.78 is 5.25. The highest BCUT2D eigenvalue weighted by molar-refractivity contribution is 6.09. The molecule has 0 saturated heterocycles. The lowest BCUT2D eigenvalue weighted by molar-refractivity contribution is -0.144. The highest BCUT2D eigenvalue weighted by Gasteiger charge is 2.13. The lowest BCUT2D eigenvalue weighted by atomic mass is 10.1. The molecule has 1 amide bonds. The predicted octanol–water partition coefficient (Wildman–Crippen LogP) is 3.70. The molecule has 0 saturated carbocycles. The van der Waals surface area contributed by atoms with E-state index in [1.165, 1.54) is 13.0 Å². The fraction of sp³-hybridized carbons (Fsp3) is 0.190. The molecule has 0 unspecified atom stereocenters. The largest absolute Gasteiger partial charge is 0.479 e. The van der Waals surface area contributed by atoms with Crippen molar-refractivity contribution in [3.63, 3.8) is 0 Å². The monoisotopic (exact) mass is 364 g/mol. The number of carbonyl (C=O) groups is 2. The number of carbonyl (C=O) groups excluding carboxylic acids is 1. The standard InChI is InChI=1S/C21H20N2O4/c1-13-8-14(2)10-18(9-13)23-20(24)17(12-22)11-16-4-6-19(7-5-16)27-15(3)21(25)26/h4-11,15H,1-3H3,(H,23,24)(H,25,26)/b17-11-/t15-/m1/s1. The zero-order chi connectivity index (χ0) is 20.0. The molecule has 0 aliphatic heterocycles. The van der Waals surface area contributed by atoms with E-state index < -0.39 is 18.0 Å². The van der Waals surface area contributed by atoms with Crippen molar-refractivity contribution in [2.75, 3.05) is 5.32 Å². The Morgan fingerprint density at radius 2 is 1.74 bits per heavy atom. The molecule has 0 aromatic heterocycles. The summed E-state index contributed by atoms with van der Waals surface area (Å²) in [6, 6.07) is 14.0. The predicted molar refractivity (Wildman–Crippen MR) is 102 cm³/mol. The van der Waals surface area contributed by atoms with Crippen molar-refractivity contribution in [1.29, 1.82) is 5.26 Å². The number of benzene rings is 2. The van der Waals surface area contributed by atoms with Gasteiger partial charge in [0.2, 0.25) is 0 Å². The normalized spacial score (nSPS) is 12.0. The van der Waals surface area contributed by atoms with E-state index in [9.17, 15) is 14.9 Å². The molecule has 2 N–H and O–H groups in total. The van der Waals surface area contributed by atoms with Crippen molar-refractivity contribution in [2.45, 2.75) is 26.9 Å². The van der Waals surface area contributed by atoms with Gasteiger partial charge in [0.05, 0.1) is 0 Å². The minimum absolute atomic E-state index is 0.0401. The van der Waals surface area contributed by atoms with Gasteiger partial charge in [-0.2, -0.15) is 5.26 Å². The number of amides is 1. The van der Waals surface area contributed by atoms with Crippen LogP contribution in [0.25, 0.3) is 6.08 Å². The van der Waals surface area contributed by atoms with Crippen molar-refractivity contribution in [3.05, 3.63) is 64.7 Å². The van der Waals surface area contributed by atoms with Crippen molar-refractivity contribution < 1.29 is 19.4 Å². The number of anilines is 1. The molecule has 6 heteroatoms. The number of aryl methyl sites for hydroxylation is 2. The average Bonchev–Trinajstić information content (AvgIpc) is 2.59. The number of rotatable bonds is 6. The van der Waals surface area contributed by atoms with Crippen LogP contribution in [-0.2, 0) is 9.59 Å². The maximum Gasteiger partial charge on any atom is 0.344 e. The van der Waals surface area contributed by atoms with Crippen molar-refractivity contribution in [2.24, 2.45) is 0 Å². The maximum atomic E-state index is 12.4. The first-order valence-corrected chi connectivity index (χ1v) is 8.29. The Kier molecular flexibility index (Phi) is 6.34. The first kappa shape index (κ1) is 19.7. The van der Waals surface area contributed by atoms with E-state index in [2.05, 4.69) is 5.32 Å². The molecule has 2 aromatic rings. The number of nitriles is 1. The van der Waals surface area contributed by atoms with E-state index in [4.69, 9.17) is 9.84 Å². The smallest absolute Gasteiger partial charge is 0.344 e. The molecule has 0 aliphatic rings. The zero-order valence-corrected chi connectivity index (χ0v) is 15.3. The number of carboxylic acids is 1. The van der Waals surface area contributed by atoms with E-state index in [1.807, 2.05) is 38.1 Å². The van der Waals surface area contributed by atoms with Gasteiger partial charge in [0, 0.05) is 5.69 Å². The summed E-state index contributed by atoms with van der Waals surface area (Å²) in [5.74, 6) is -1.17. The summed E-state index contributed by atoms with van der Waals surface area (Å²) >= 11 is 0. The van der Waals surface area contributed by atoms with Gasteiger partial charge < -0.3 is 15.2 Å². The van der Waals surface area contributed by atoms with Gasteiger partial charge in [-0.25, -0.2) is 4.79 Å². The summed E-state index contributed by atoms with van der Waals surface area (Å²) in [6.45, 7) is 5.29. The summed E-state index contributed by atoms with van der Waals surface area (Å²) in [5, 5.41) is 20.9. The molecular weight excluding hydrogens is 344 g/mol. The number of nitrogens with one attached hydrogen (secondary N) is 1. The number of nitrogens with zero attached hydrogens (tertiary/aromatic N) is 1. The molecule has 27 heavy (non-hydrogen) atoms. The van der Waals surface area contributed by atoms with E-state index in [-0.39, 0.29) is 5.57 Å². The number of carboxylic acid groups (broad SMARTS) is 1. The van der Waals surface area contributed by atoms with E-state index in [0.717, 1.165) is 11.1 Å². The zero-order valence-electron chi connectivity index (χ0n) is 15.3. The van der Waals surface area contributed by atoms with Crippen LogP contribution in [-0.4, -0.2) is 23.1 Å². The fourth-order valence-electron chi connectivity index (χ4n) is 2.46. The molecule has 0 bridgehead atoms. The summed E-state index contributed by atoms with van der Waals surface area (Å²) in [6.07, 6.45) is 0.493. The Morgan fingerprint density at radius 3 is 2.26 bits per heavy atom. The van der Waals surface area contributed by atoms with Crippen LogP contribution in [0.15, 0.2) is 48.0 Å². The van der Waals surface area contributed by atoms with Crippen LogP contribution < -0.4 is 10.1 Å². The van der Waals surface area contributed by atoms with Gasteiger partial charge in [-0.1, -0.05) is 18.2 Å². The van der Waals surface area contributed by atoms with Crippen LogP contribution in [0.4, 0.5) is 5.69 Å². The number of aliphatic carboxylic acids is 1. The van der Waals surface area contributed by atoms with Gasteiger partial charge in [0.25, 0.3) is 5.91 Å². The fourth-order valence-corrected chi connectivity index (χ4v) is 2.46.